The van der Waals surface area contributed by atoms with E-state index in [-0.39, 0.29) is 43.4 Å². The second kappa shape index (κ2) is 11.8. The molecule has 1 saturated heterocycles. The number of piperidine rings is 1. The lowest BCUT2D eigenvalue weighted by Crippen LogP contribution is -2.54. The lowest BCUT2D eigenvalue weighted by atomic mass is 9.99. The van der Waals surface area contributed by atoms with Crippen molar-refractivity contribution >= 4 is 29.0 Å². The van der Waals surface area contributed by atoms with Gasteiger partial charge in [-0.3, -0.25) is 18.2 Å². The summed E-state index contributed by atoms with van der Waals surface area (Å²) in [5.74, 6) is -0.162. The number of carbonyl (C=O) groups is 2. The van der Waals surface area contributed by atoms with E-state index >= 15 is 0 Å². The Hall–Kier alpha value is -2.34. The van der Waals surface area contributed by atoms with E-state index in [2.05, 4.69) is 0 Å². The Morgan fingerprint density at radius 2 is 1.78 bits per heavy atom. The van der Waals surface area contributed by atoms with E-state index in [0.717, 1.165) is 16.4 Å². The Kier molecular flexibility index (Phi) is 9.80. The maximum Gasteiger partial charge on any atom is 0.416 e. The van der Waals surface area contributed by atoms with Crippen molar-refractivity contribution in [3.63, 3.8) is 0 Å². The zero-order chi connectivity index (χ0) is 27.4. The topological polar surface area (TPSA) is 93.2 Å². The van der Waals surface area contributed by atoms with Crippen LogP contribution in [0.1, 0.15) is 59.4 Å². The Balaban J connectivity index is 2.16. The summed E-state index contributed by atoms with van der Waals surface area (Å²) in [5, 5.41) is 0. The fourth-order valence-corrected chi connectivity index (χ4v) is 4.84. The molecule has 2 amide bonds. The number of carbonyl (C=O) groups excluding carboxylic acids is 2. The molecule has 0 aliphatic carbocycles. The molecule has 36 heavy (non-hydrogen) atoms. The van der Waals surface area contributed by atoms with E-state index in [9.17, 15) is 31.5 Å². The summed E-state index contributed by atoms with van der Waals surface area (Å²) >= 11 is -2.81. The molecular formula is C24H35F3N3O5S-. The van der Waals surface area contributed by atoms with Gasteiger partial charge in [0.1, 0.15) is 11.6 Å². The lowest BCUT2D eigenvalue weighted by Gasteiger charge is -2.42. The Bertz CT molecular complexity index is 944. The Labute approximate surface area is 213 Å². The highest BCUT2D eigenvalue weighted by Gasteiger charge is 2.37. The molecule has 2 unspecified atom stereocenters. The predicted octanol–water partition coefficient (Wildman–Crippen LogP) is 4.58. The van der Waals surface area contributed by atoms with Gasteiger partial charge in [-0.1, -0.05) is 19.9 Å². The van der Waals surface area contributed by atoms with Crippen molar-refractivity contribution in [1.29, 1.82) is 0 Å². The van der Waals surface area contributed by atoms with Gasteiger partial charge in [-0.2, -0.15) is 13.2 Å². The standard InChI is InChI=1S/C24H36F3N3O5S/c1-16(2)14-20(28(6)22(32)35-23(3,4)5)21(31)29-12-10-18(11-13-29)30(36(33)34)19-9-7-8-17(15-19)24(25,26)27/h7-9,15-16,18,20H,10-14H2,1-6H3,(H,33,34)/p-1. The van der Waals surface area contributed by atoms with Crippen molar-refractivity contribution < 1.29 is 36.3 Å². The van der Waals surface area contributed by atoms with Crippen LogP contribution in [0.15, 0.2) is 24.3 Å². The molecule has 2 rings (SSSR count). The minimum atomic E-state index is -4.60. The number of alkyl halides is 3. The van der Waals surface area contributed by atoms with Crippen molar-refractivity contribution in [3.8, 4) is 0 Å². The van der Waals surface area contributed by atoms with E-state index in [4.69, 9.17) is 4.74 Å². The van der Waals surface area contributed by atoms with Crippen LogP contribution in [0.3, 0.4) is 0 Å². The largest absolute Gasteiger partial charge is 0.755 e. The fraction of sp³-hybridized carbons (Fsp3) is 0.667. The summed E-state index contributed by atoms with van der Waals surface area (Å²) in [6.07, 6.45) is -4.34. The van der Waals surface area contributed by atoms with E-state index in [1.54, 1.807) is 25.7 Å². The predicted molar refractivity (Wildman–Crippen MR) is 130 cm³/mol. The Morgan fingerprint density at radius 1 is 1.19 bits per heavy atom. The molecule has 0 aromatic heterocycles. The van der Waals surface area contributed by atoms with Crippen molar-refractivity contribution in [3.05, 3.63) is 29.8 Å². The molecule has 0 bridgehead atoms. The summed E-state index contributed by atoms with van der Waals surface area (Å²) in [6, 6.07) is 2.80. The van der Waals surface area contributed by atoms with Gasteiger partial charge in [0, 0.05) is 43.1 Å². The van der Waals surface area contributed by atoms with Gasteiger partial charge in [0.2, 0.25) is 5.91 Å². The number of anilines is 1. The normalized spacial score (nSPS) is 17.0. The summed E-state index contributed by atoms with van der Waals surface area (Å²) in [5.41, 5.74) is -1.74. The van der Waals surface area contributed by atoms with Gasteiger partial charge in [-0.25, -0.2) is 4.79 Å². The monoisotopic (exact) mass is 534 g/mol. The molecule has 1 aliphatic rings. The molecule has 0 spiro atoms. The maximum absolute atomic E-state index is 13.4. The van der Waals surface area contributed by atoms with Gasteiger partial charge >= 0.3 is 12.3 Å². The number of likely N-dealkylation sites (N-methyl/N-ethyl adjacent to an activating group) is 1. The molecule has 204 valence electrons. The second-order valence-corrected chi connectivity index (χ2v) is 11.2. The van der Waals surface area contributed by atoms with Crippen molar-refractivity contribution in [2.24, 2.45) is 5.92 Å². The van der Waals surface area contributed by atoms with E-state index in [1.807, 2.05) is 13.8 Å². The van der Waals surface area contributed by atoms with Crippen LogP contribution in [0.2, 0.25) is 0 Å². The smallest absolute Gasteiger partial charge is 0.416 e. The third-order valence-electron chi connectivity index (χ3n) is 5.83. The molecule has 0 radical (unpaired) electrons. The first-order chi connectivity index (χ1) is 16.5. The first-order valence-electron chi connectivity index (χ1n) is 11.8. The lowest BCUT2D eigenvalue weighted by molar-refractivity contribution is -0.138. The number of ether oxygens (including phenoxy) is 1. The molecule has 1 aromatic carbocycles. The summed E-state index contributed by atoms with van der Waals surface area (Å²) in [4.78, 5) is 28.9. The zero-order valence-electron chi connectivity index (χ0n) is 21.5. The zero-order valence-corrected chi connectivity index (χ0v) is 22.3. The first kappa shape index (κ1) is 29.9. The molecular weight excluding hydrogens is 499 g/mol. The summed E-state index contributed by atoms with van der Waals surface area (Å²) < 4.78 is 69.8. The molecule has 1 heterocycles. The molecule has 2 atom stereocenters. The number of halogens is 3. The fourth-order valence-electron chi connectivity index (χ4n) is 4.10. The van der Waals surface area contributed by atoms with Crippen LogP contribution in [-0.2, 0) is 27.0 Å². The molecule has 1 aliphatic heterocycles. The SMILES string of the molecule is CC(C)CC(C(=O)N1CCC(N(c2cccc(C(F)(F)F)c2)S(=O)[O-])CC1)N(C)C(=O)OC(C)(C)C. The molecule has 1 aromatic rings. The van der Waals surface area contributed by atoms with Gasteiger partial charge < -0.3 is 14.2 Å². The van der Waals surface area contributed by atoms with Crippen molar-refractivity contribution in [2.75, 3.05) is 24.4 Å². The van der Waals surface area contributed by atoms with Crippen molar-refractivity contribution in [2.45, 2.75) is 77.7 Å². The minimum Gasteiger partial charge on any atom is -0.755 e. The molecule has 8 nitrogen and oxygen atoms in total. The molecule has 12 heteroatoms. The number of hydrogen-bond acceptors (Lipinski definition) is 5. The number of likely N-dealkylation sites (tertiary alicyclic amines) is 1. The summed E-state index contributed by atoms with van der Waals surface area (Å²) in [6.45, 7) is 9.48. The maximum atomic E-state index is 13.4. The van der Waals surface area contributed by atoms with Crippen LogP contribution < -0.4 is 4.31 Å². The Morgan fingerprint density at radius 3 is 2.25 bits per heavy atom. The minimum absolute atomic E-state index is 0.0784. The third-order valence-corrected chi connectivity index (χ3v) is 6.66. The van der Waals surface area contributed by atoms with E-state index < -0.39 is 46.8 Å². The van der Waals surface area contributed by atoms with Crippen LogP contribution in [0.4, 0.5) is 23.7 Å². The van der Waals surface area contributed by atoms with Crippen LogP contribution in [0.25, 0.3) is 0 Å². The quantitative estimate of drug-likeness (QED) is 0.478. The van der Waals surface area contributed by atoms with Gasteiger partial charge in [0.05, 0.1) is 5.56 Å². The third kappa shape index (κ3) is 8.09. The molecule has 0 N–H and O–H groups in total. The van der Waals surface area contributed by atoms with Gasteiger partial charge in [0.25, 0.3) is 0 Å². The number of hydrogen-bond donors (Lipinski definition) is 0. The van der Waals surface area contributed by atoms with Crippen LogP contribution in [-0.4, -0.2) is 68.4 Å². The van der Waals surface area contributed by atoms with Crippen molar-refractivity contribution in [1.82, 2.24) is 9.80 Å². The average molecular weight is 535 g/mol. The van der Waals surface area contributed by atoms with Gasteiger partial charge in [-0.15, -0.1) is 0 Å². The first-order valence-corrected chi connectivity index (χ1v) is 12.8. The number of benzene rings is 1. The number of rotatable bonds is 7. The highest BCUT2D eigenvalue weighted by atomic mass is 32.2. The molecule has 0 saturated carbocycles. The van der Waals surface area contributed by atoms with E-state index in [1.165, 1.54) is 24.1 Å². The highest BCUT2D eigenvalue weighted by molar-refractivity contribution is 7.80. The summed E-state index contributed by atoms with van der Waals surface area (Å²) in [7, 11) is 1.52. The van der Waals surface area contributed by atoms with Gasteiger partial charge in [0.15, 0.2) is 0 Å². The molecule has 1 fully saturated rings. The van der Waals surface area contributed by atoms with Crippen LogP contribution in [0, 0.1) is 5.92 Å². The second-order valence-electron chi connectivity index (χ2n) is 10.4. The average Bonchev–Trinajstić information content (AvgIpc) is 2.75. The van der Waals surface area contributed by atoms with Gasteiger partial charge in [-0.05, 0) is 64.2 Å². The van der Waals surface area contributed by atoms with Crippen LogP contribution >= 0.6 is 0 Å². The highest BCUT2D eigenvalue weighted by Crippen LogP contribution is 2.33. The number of amides is 2. The van der Waals surface area contributed by atoms with E-state index in [0.29, 0.717) is 6.42 Å². The van der Waals surface area contributed by atoms with Crippen LogP contribution in [0.5, 0.6) is 0 Å². The number of nitrogens with zero attached hydrogens (tertiary/aromatic N) is 3.